The number of hydrogen-bond acceptors (Lipinski definition) is 5. The number of rotatable bonds is 1. The van der Waals surface area contributed by atoms with Crippen molar-refractivity contribution in [3.63, 3.8) is 0 Å². The molecule has 102 valence electrons. The minimum absolute atomic E-state index is 0.0498. The number of aromatic hydroxyl groups is 1. The SMILES string of the molecule is CC1=C2OC(C)(C)c3cc(O)c(C=O)c(c32)C(=O)C1=O. The van der Waals surface area contributed by atoms with E-state index in [1.807, 2.05) is 0 Å². The van der Waals surface area contributed by atoms with Gasteiger partial charge in [-0.05, 0) is 26.8 Å². The molecule has 1 aliphatic heterocycles. The Morgan fingerprint density at radius 2 is 1.85 bits per heavy atom. The summed E-state index contributed by atoms with van der Waals surface area (Å²) in [6.45, 7) is 5.07. The number of phenols is 1. The Bertz CT molecular complexity index is 737. The van der Waals surface area contributed by atoms with Crippen molar-refractivity contribution in [2.45, 2.75) is 26.4 Å². The third-order valence-electron chi connectivity index (χ3n) is 3.81. The minimum Gasteiger partial charge on any atom is -0.507 e. The van der Waals surface area contributed by atoms with Gasteiger partial charge in [0.25, 0.3) is 0 Å². The van der Waals surface area contributed by atoms with E-state index in [2.05, 4.69) is 0 Å². The zero-order valence-corrected chi connectivity index (χ0v) is 11.2. The summed E-state index contributed by atoms with van der Waals surface area (Å²) in [5.74, 6) is -1.47. The third-order valence-corrected chi connectivity index (χ3v) is 3.81. The maximum Gasteiger partial charge on any atom is 0.234 e. The quantitative estimate of drug-likeness (QED) is 0.624. The fraction of sp³-hybridized carbons (Fsp3) is 0.267. The van der Waals surface area contributed by atoms with Gasteiger partial charge in [0.1, 0.15) is 17.1 Å². The lowest BCUT2D eigenvalue weighted by Gasteiger charge is -2.19. The lowest BCUT2D eigenvalue weighted by atomic mass is 9.82. The fourth-order valence-electron chi connectivity index (χ4n) is 2.76. The molecular formula is C15H12O5. The van der Waals surface area contributed by atoms with Crippen molar-refractivity contribution in [3.05, 3.63) is 33.9 Å². The summed E-state index contributed by atoms with van der Waals surface area (Å²) in [5.41, 5.74) is 0.309. The Morgan fingerprint density at radius 1 is 1.20 bits per heavy atom. The summed E-state index contributed by atoms with van der Waals surface area (Å²) in [7, 11) is 0. The molecule has 0 saturated carbocycles. The van der Waals surface area contributed by atoms with Crippen LogP contribution in [0.3, 0.4) is 0 Å². The van der Waals surface area contributed by atoms with Crippen LogP contribution in [0.5, 0.6) is 5.75 Å². The highest BCUT2D eigenvalue weighted by atomic mass is 16.5. The molecule has 0 unspecified atom stereocenters. The Balaban J connectivity index is 2.54. The van der Waals surface area contributed by atoms with Crippen molar-refractivity contribution in [2.24, 2.45) is 0 Å². The number of benzene rings is 1. The minimum atomic E-state index is -0.776. The van der Waals surface area contributed by atoms with Crippen LogP contribution >= 0.6 is 0 Å². The topological polar surface area (TPSA) is 80.7 Å². The van der Waals surface area contributed by atoms with Crippen LogP contribution in [0.25, 0.3) is 5.76 Å². The zero-order chi connectivity index (χ0) is 14.8. The first-order valence-corrected chi connectivity index (χ1v) is 6.14. The van der Waals surface area contributed by atoms with Gasteiger partial charge in [-0.3, -0.25) is 14.4 Å². The Hall–Kier alpha value is -2.43. The predicted molar refractivity (Wildman–Crippen MR) is 69.5 cm³/mol. The molecule has 3 rings (SSSR count). The maximum absolute atomic E-state index is 12.2. The summed E-state index contributed by atoms with van der Waals surface area (Å²) in [6.07, 6.45) is 0.389. The van der Waals surface area contributed by atoms with Gasteiger partial charge in [0.05, 0.1) is 11.1 Å². The number of carbonyl (C=O) groups is 3. The van der Waals surface area contributed by atoms with Gasteiger partial charge >= 0.3 is 0 Å². The van der Waals surface area contributed by atoms with Gasteiger partial charge in [-0.1, -0.05) is 0 Å². The highest BCUT2D eigenvalue weighted by Crippen LogP contribution is 2.50. The van der Waals surface area contributed by atoms with Gasteiger partial charge in [-0.25, -0.2) is 0 Å². The van der Waals surface area contributed by atoms with Crippen LogP contribution in [0.4, 0.5) is 0 Å². The fourth-order valence-corrected chi connectivity index (χ4v) is 2.76. The zero-order valence-electron chi connectivity index (χ0n) is 11.2. The maximum atomic E-state index is 12.2. The smallest absolute Gasteiger partial charge is 0.234 e. The van der Waals surface area contributed by atoms with Crippen molar-refractivity contribution >= 4 is 23.6 Å². The van der Waals surface area contributed by atoms with E-state index < -0.39 is 17.2 Å². The number of phenolic OH excluding ortho intramolecular Hbond substituents is 1. The van der Waals surface area contributed by atoms with Gasteiger partial charge in [-0.2, -0.15) is 0 Å². The molecule has 1 N–H and O–H groups in total. The second-order valence-corrected chi connectivity index (χ2v) is 5.45. The molecular weight excluding hydrogens is 260 g/mol. The van der Waals surface area contributed by atoms with E-state index in [0.717, 1.165) is 0 Å². The molecule has 20 heavy (non-hydrogen) atoms. The lowest BCUT2D eigenvalue weighted by Crippen LogP contribution is -2.24. The number of carbonyl (C=O) groups excluding carboxylic acids is 3. The summed E-state index contributed by atoms with van der Waals surface area (Å²) in [4.78, 5) is 35.3. The van der Waals surface area contributed by atoms with Crippen molar-refractivity contribution in [1.82, 2.24) is 0 Å². The second kappa shape index (κ2) is 3.56. The van der Waals surface area contributed by atoms with Crippen LogP contribution in [0.15, 0.2) is 11.6 Å². The first-order chi connectivity index (χ1) is 9.29. The standard InChI is InChI=1S/C15H12O5/c1-6-12(18)13(19)10-7(5-16)9(17)4-8-11(10)14(6)20-15(8,2)3/h4-5,17H,1-3H3. The highest BCUT2D eigenvalue weighted by molar-refractivity contribution is 6.53. The van der Waals surface area contributed by atoms with E-state index in [-0.39, 0.29) is 22.4 Å². The monoisotopic (exact) mass is 272 g/mol. The lowest BCUT2D eigenvalue weighted by molar-refractivity contribution is -0.112. The number of ether oxygens (including phenoxy) is 1. The van der Waals surface area contributed by atoms with Crippen LogP contribution in [-0.2, 0) is 15.1 Å². The Kier molecular flexibility index (Phi) is 2.24. The highest BCUT2D eigenvalue weighted by Gasteiger charge is 2.45. The molecule has 1 aromatic carbocycles. The first kappa shape index (κ1) is 12.6. The van der Waals surface area contributed by atoms with E-state index in [0.29, 0.717) is 23.2 Å². The molecule has 0 atom stereocenters. The van der Waals surface area contributed by atoms with Crippen molar-refractivity contribution in [2.75, 3.05) is 0 Å². The van der Waals surface area contributed by atoms with Crippen LogP contribution in [0.1, 0.15) is 52.6 Å². The Morgan fingerprint density at radius 3 is 2.45 bits per heavy atom. The van der Waals surface area contributed by atoms with E-state index in [4.69, 9.17) is 4.74 Å². The second-order valence-electron chi connectivity index (χ2n) is 5.45. The molecule has 0 spiro atoms. The van der Waals surface area contributed by atoms with Gasteiger partial charge in [-0.15, -0.1) is 0 Å². The average molecular weight is 272 g/mol. The number of Topliss-reactive ketones (excluding diaryl/α,β-unsaturated/α-hetero) is 2. The molecule has 1 heterocycles. The van der Waals surface area contributed by atoms with Crippen LogP contribution in [0, 0.1) is 0 Å². The largest absolute Gasteiger partial charge is 0.507 e. The summed E-state index contributed by atoms with van der Waals surface area (Å²) >= 11 is 0. The summed E-state index contributed by atoms with van der Waals surface area (Å²) in [5, 5.41) is 9.93. The van der Waals surface area contributed by atoms with Crippen molar-refractivity contribution in [3.8, 4) is 5.75 Å². The normalized spacial score (nSPS) is 18.9. The number of aldehydes is 1. The molecule has 0 bridgehead atoms. The molecule has 0 aromatic heterocycles. The van der Waals surface area contributed by atoms with Gasteiger partial charge in [0.2, 0.25) is 11.6 Å². The molecule has 1 aromatic rings. The first-order valence-electron chi connectivity index (χ1n) is 6.14. The molecule has 0 amide bonds. The van der Waals surface area contributed by atoms with Crippen LogP contribution < -0.4 is 0 Å². The van der Waals surface area contributed by atoms with E-state index in [9.17, 15) is 19.5 Å². The van der Waals surface area contributed by atoms with E-state index in [1.165, 1.54) is 13.0 Å². The number of hydrogen-bond donors (Lipinski definition) is 1. The van der Waals surface area contributed by atoms with Crippen LogP contribution in [-0.4, -0.2) is 23.0 Å². The van der Waals surface area contributed by atoms with Crippen molar-refractivity contribution < 1.29 is 24.2 Å². The molecule has 2 aliphatic rings. The van der Waals surface area contributed by atoms with Gasteiger partial charge < -0.3 is 9.84 Å². The molecule has 0 radical (unpaired) electrons. The van der Waals surface area contributed by atoms with E-state index in [1.54, 1.807) is 13.8 Å². The van der Waals surface area contributed by atoms with Crippen molar-refractivity contribution in [1.29, 1.82) is 0 Å². The summed E-state index contributed by atoms with van der Waals surface area (Å²) in [6, 6.07) is 1.42. The molecule has 0 fully saturated rings. The summed E-state index contributed by atoms with van der Waals surface area (Å²) < 4.78 is 5.77. The third kappa shape index (κ3) is 1.29. The molecule has 5 nitrogen and oxygen atoms in total. The molecule has 1 aliphatic carbocycles. The molecule has 5 heteroatoms. The van der Waals surface area contributed by atoms with Crippen LogP contribution in [0.2, 0.25) is 0 Å². The number of allylic oxidation sites excluding steroid dienone is 1. The number of ketones is 2. The average Bonchev–Trinajstić information content (AvgIpc) is 2.65. The van der Waals surface area contributed by atoms with Gasteiger partial charge in [0.15, 0.2) is 6.29 Å². The van der Waals surface area contributed by atoms with E-state index >= 15 is 0 Å². The molecule has 0 saturated heterocycles. The Labute approximate surface area is 114 Å². The predicted octanol–water partition coefficient (Wildman–Crippen LogP) is 1.97. The van der Waals surface area contributed by atoms with Gasteiger partial charge in [0, 0.05) is 16.7 Å².